The van der Waals surface area contributed by atoms with Crippen molar-refractivity contribution < 1.29 is 9.53 Å². The maximum atomic E-state index is 11.0. The molecule has 2 heteroatoms. The van der Waals surface area contributed by atoms with Crippen LogP contribution in [-0.4, -0.2) is 12.1 Å². The highest BCUT2D eigenvalue weighted by Crippen LogP contribution is 2.15. The van der Waals surface area contributed by atoms with Gasteiger partial charge in [-0.15, -0.1) is 0 Å². The molecule has 0 amide bonds. The number of carbonyl (C=O) groups is 1. The van der Waals surface area contributed by atoms with Gasteiger partial charge in [0.1, 0.15) is 6.10 Å². The number of esters is 1. The summed E-state index contributed by atoms with van der Waals surface area (Å²) in [5.74, 6) is -0.0606. The first kappa shape index (κ1) is 10.3. The van der Waals surface area contributed by atoms with Gasteiger partial charge in [-0.1, -0.05) is 19.1 Å². The molecule has 0 heterocycles. The number of hydrogen-bond acceptors (Lipinski definition) is 2. The highest BCUT2D eigenvalue weighted by molar-refractivity contribution is 5.69. The van der Waals surface area contributed by atoms with Crippen LogP contribution in [0.3, 0.4) is 0 Å². The lowest BCUT2D eigenvalue weighted by atomic mass is 10.0. The summed E-state index contributed by atoms with van der Waals surface area (Å²) in [4.78, 5) is 11.0. The van der Waals surface area contributed by atoms with Gasteiger partial charge in [0.05, 0.1) is 0 Å². The van der Waals surface area contributed by atoms with Crippen molar-refractivity contribution in [2.45, 2.75) is 51.6 Å². The van der Waals surface area contributed by atoms with Gasteiger partial charge in [-0.2, -0.15) is 0 Å². The highest BCUT2D eigenvalue weighted by atomic mass is 16.5. The van der Waals surface area contributed by atoms with Crippen LogP contribution in [0.1, 0.15) is 45.4 Å². The van der Waals surface area contributed by atoms with Gasteiger partial charge in [-0.3, -0.25) is 4.79 Å². The fourth-order valence-electron chi connectivity index (χ4n) is 1.51. The molecule has 0 N–H and O–H groups in total. The lowest BCUT2D eigenvalue weighted by Crippen LogP contribution is -2.17. The van der Waals surface area contributed by atoms with Gasteiger partial charge in [0, 0.05) is 6.42 Å². The second-order valence-electron chi connectivity index (χ2n) is 3.45. The normalized spacial score (nSPS) is 25.8. The predicted octanol–water partition coefficient (Wildman–Crippen LogP) is 2.83. The molecular weight excluding hydrogens is 164 g/mol. The smallest absolute Gasteiger partial charge is 0.305 e. The van der Waals surface area contributed by atoms with Gasteiger partial charge in [-0.25, -0.2) is 0 Å². The van der Waals surface area contributed by atoms with Crippen molar-refractivity contribution in [3.05, 3.63) is 12.2 Å². The Morgan fingerprint density at radius 2 is 2.15 bits per heavy atom. The molecule has 0 bridgehead atoms. The average molecular weight is 182 g/mol. The molecule has 2 nitrogen and oxygen atoms in total. The first-order chi connectivity index (χ1) is 6.33. The van der Waals surface area contributed by atoms with E-state index in [1.54, 1.807) is 0 Å². The molecule has 0 aromatic heterocycles. The number of rotatable bonds is 2. The number of carbonyl (C=O) groups excluding carboxylic acids is 1. The van der Waals surface area contributed by atoms with Crippen LogP contribution in [0.15, 0.2) is 12.2 Å². The second kappa shape index (κ2) is 5.79. The molecule has 74 valence electrons. The Bertz CT molecular complexity index is 185. The Hall–Kier alpha value is -0.790. The Morgan fingerprint density at radius 3 is 2.92 bits per heavy atom. The predicted molar refractivity (Wildman–Crippen MR) is 52.4 cm³/mol. The van der Waals surface area contributed by atoms with E-state index < -0.39 is 0 Å². The fourth-order valence-corrected chi connectivity index (χ4v) is 1.51. The van der Waals surface area contributed by atoms with E-state index in [1.165, 1.54) is 0 Å². The summed E-state index contributed by atoms with van der Waals surface area (Å²) in [6, 6.07) is 0. The van der Waals surface area contributed by atoms with Crippen LogP contribution in [0, 0.1) is 0 Å². The van der Waals surface area contributed by atoms with Crippen molar-refractivity contribution in [1.82, 2.24) is 0 Å². The average Bonchev–Trinajstić information content (AvgIpc) is 2.09. The van der Waals surface area contributed by atoms with Crippen molar-refractivity contribution in [3.63, 3.8) is 0 Å². The summed E-state index contributed by atoms with van der Waals surface area (Å²) in [6.45, 7) is 1.84. The molecule has 1 rings (SSSR count). The van der Waals surface area contributed by atoms with E-state index in [0.29, 0.717) is 6.42 Å². The SMILES string of the molecule is CCC(=O)OC1CC/C=C/CCC1. The summed E-state index contributed by atoms with van der Waals surface area (Å²) in [5.41, 5.74) is 0. The van der Waals surface area contributed by atoms with E-state index in [2.05, 4.69) is 12.2 Å². The van der Waals surface area contributed by atoms with E-state index in [1.807, 2.05) is 6.92 Å². The molecule has 0 aromatic carbocycles. The number of allylic oxidation sites excluding steroid dienone is 2. The van der Waals surface area contributed by atoms with Gasteiger partial charge in [0.15, 0.2) is 0 Å². The maximum absolute atomic E-state index is 11.0. The van der Waals surface area contributed by atoms with E-state index in [-0.39, 0.29) is 12.1 Å². The highest BCUT2D eigenvalue weighted by Gasteiger charge is 2.12. The van der Waals surface area contributed by atoms with Crippen LogP contribution in [0.25, 0.3) is 0 Å². The van der Waals surface area contributed by atoms with E-state index in [0.717, 1.165) is 32.1 Å². The summed E-state index contributed by atoms with van der Waals surface area (Å²) in [6.07, 6.45) is 10.4. The largest absolute Gasteiger partial charge is 0.462 e. The number of ether oxygens (including phenoxy) is 1. The van der Waals surface area contributed by atoms with E-state index >= 15 is 0 Å². The molecule has 0 spiro atoms. The molecule has 1 unspecified atom stereocenters. The maximum Gasteiger partial charge on any atom is 0.305 e. The fraction of sp³-hybridized carbons (Fsp3) is 0.727. The standard InChI is InChI=1S/C11H18O2/c1-2-11(12)13-10-8-6-4-3-5-7-9-10/h3-4,10H,2,5-9H2,1H3/b4-3+. The Balaban J connectivity index is 2.31. The minimum atomic E-state index is -0.0606. The van der Waals surface area contributed by atoms with Gasteiger partial charge in [0.2, 0.25) is 0 Å². The Labute approximate surface area is 80.0 Å². The van der Waals surface area contributed by atoms with E-state index in [4.69, 9.17) is 4.74 Å². The molecule has 0 saturated heterocycles. The third kappa shape index (κ3) is 4.11. The van der Waals surface area contributed by atoms with Gasteiger partial charge < -0.3 is 4.74 Å². The topological polar surface area (TPSA) is 26.3 Å². The Kier molecular flexibility index (Phi) is 4.58. The molecule has 1 aliphatic carbocycles. The first-order valence-corrected chi connectivity index (χ1v) is 5.17. The summed E-state index contributed by atoms with van der Waals surface area (Å²) < 4.78 is 5.30. The van der Waals surface area contributed by atoms with Crippen LogP contribution in [0.2, 0.25) is 0 Å². The molecular formula is C11H18O2. The van der Waals surface area contributed by atoms with Crippen molar-refractivity contribution in [1.29, 1.82) is 0 Å². The quantitative estimate of drug-likeness (QED) is 0.485. The van der Waals surface area contributed by atoms with Crippen LogP contribution >= 0.6 is 0 Å². The lowest BCUT2D eigenvalue weighted by molar-refractivity contribution is -0.149. The molecule has 0 aromatic rings. The zero-order valence-electron chi connectivity index (χ0n) is 8.29. The summed E-state index contributed by atoms with van der Waals surface area (Å²) >= 11 is 0. The monoisotopic (exact) mass is 182 g/mol. The van der Waals surface area contributed by atoms with Gasteiger partial charge >= 0.3 is 5.97 Å². The molecule has 1 aliphatic rings. The van der Waals surface area contributed by atoms with E-state index in [9.17, 15) is 4.79 Å². The molecule has 1 atom stereocenters. The van der Waals surface area contributed by atoms with Crippen LogP contribution < -0.4 is 0 Å². The van der Waals surface area contributed by atoms with Crippen LogP contribution in [-0.2, 0) is 9.53 Å². The molecule has 0 radical (unpaired) electrons. The molecule has 0 saturated carbocycles. The van der Waals surface area contributed by atoms with Crippen molar-refractivity contribution >= 4 is 5.97 Å². The minimum absolute atomic E-state index is 0.0606. The number of hydrogen-bond donors (Lipinski definition) is 0. The third-order valence-corrected chi connectivity index (χ3v) is 2.31. The van der Waals surface area contributed by atoms with Crippen LogP contribution in [0.5, 0.6) is 0 Å². The van der Waals surface area contributed by atoms with Crippen molar-refractivity contribution in [2.24, 2.45) is 0 Å². The second-order valence-corrected chi connectivity index (χ2v) is 3.45. The Morgan fingerprint density at radius 1 is 1.38 bits per heavy atom. The van der Waals surface area contributed by atoms with Crippen LogP contribution in [0.4, 0.5) is 0 Å². The lowest BCUT2D eigenvalue weighted by Gasteiger charge is -2.17. The van der Waals surface area contributed by atoms with Crippen molar-refractivity contribution in [3.8, 4) is 0 Å². The zero-order valence-corrected chi connectivity index (χ0v) is 8.29. The zero-order chi connectivity index (χ0) is 9.52. The van der Waals surface area contributed by atoms with Gasteiger partial charge in [0.25, 0.3) is 0 Å². The van der Waals surface area contributed by atoms with Crippen molar-refractivity contribution in [2.75, 3.05) is 0 Å². The molecule has 0 fully saturated rings. The minimum Gasteiger partial charge on any atom is -0.462 e. The summed E-state index contributed by atoms with van der Waals surface area (Å²) in [5, 5.41) is 0. The molecule has 0 aliphatic heterocycles. The molecule has 13 heavy (non-hydrogen) atoms. The first-order valence-electron chi connectivity index (χ1n) is 5.17. The third-order valence-electron chi connectivity index (χ3n) is 2.31. The van der Waals surface area contributed by atoms with Gasteiger partial charge in [-0.05, 0) is 32.1 Å². The summed E-state index contributed by atoms with van der Waals surface area (Å²) in [7, 11) is 0.